The molecule has 3 heteroatoms. The van der Waals surface area contributed by atoms with Crippen molar-refractivity contribution in [1.29, 1.82) is 0 Å². The van der Waals surface area contributed by atoms with E-state index in [2.05, 4.69) is 48.5 Å². The third-order valence-corrected chi connectivity index (χ3v) is 3.35. The molecule has 3 nitrogen and oxygen atoms in total. The predicted molar refractivity (Wildman–Crippen MR) is 78.7 cm³/mol. The molecule has 1 aromatic heterocycles. The Morgan fingerprint density at radius 3 is 2.42 bits per heavy atom. The topological polar surface area (TPSA) is 50.9 Å². The molecule has 0 spiro atoms. The van der Waals surface area contributed by atoms with Crippen molar-refractivity contribution in [3.05, 3.63) is 64.5 Å². The molecule has 0 fully saturated rings. The Hall–Kier alpha value is -1.71. The third kappa shape index (κ3) is 3.40. The van der Waals surface area contributed by atoms with E-state index in [1.54, 1.807) is 0 Å². The van der Waals surface area contributed by atoms with Crippen molar-refractivity contribution >= 4 is 0 Å². The lowest BCUT2D eigenvalue weighted by molar-refractivity contribution is 0.547. The summed E-state index contributed by atoms with van der Waals surface area (Å²) in [5.74, 6) is 5.72. The van der Waals surface area contributed by atoms with Crippen molar-refractivity contribution < 1.29 is 0 Å². The van der Waals surface area contributed by atoms with Crippen LogP contribution in [0.4, 0.5) is 0 Å². The Kier molecular flexibility index (Phi) is 4.30. The molecular weight excluding hydrogens is 234 g/mol. The van der Waals surface area contributed by atoms with Crippen LogP contribution in [0.1, 0.15) is 34.0 Å². The molecule has 0 bridgehead atoms. The summed E-state index contributed by atoms with van der Waals surface area (Å²) in [5, 5.41) is 0. The SMILES string of the molecule is Cc1cc(C)cc(CC(NN)c2cccnc2C)c1. The molecule has 1 aromatic carbocycles. The molecule has 0 saturated carbocycles. The van der Waals surface area contributed by atoms with Gasteiger partial charge in [0.25, 0.3) is 0 Å². The highest BCUT2D eigenvalue weighted by Gasteiger charge is 2.13. The van der Waals surface area contributed by atoms with Crippen LogP contribution in [-0.2, 0) is 6.42 Å². The zero-order chi connectivity index (χ0) is 13.8. The molecule has 0 aliphatic rings. The number of aromatic nitrogens is 1. The van der Waals surface area contributed by atoms with Gasteiger partial charge < -0.3 is 0 Å². The first-order valence-electron chi connectivity index (χ1n) is 6.55. The maximum absolute atomic E-state index is 5.72. The van der Waals surface area contributed by atoms with Crippen LogP contribution in [0.5, 0.6) is 0 Å². The summed E-state index contributed by atoms with van der Waals surface area (Å²) < 4.78 is 0. The van der Waals surface area contributed by atoms with Gasteiger partial charge in [-0.3, -0.25) is 16.3 Å². The van der Waals surface area contributed by atoms with Crippen molar-refractivity contribution in [2.24, 2.45) is 5.84 Å². The van der Waals surface area contributed by atoms with Crippen LogP contribution in [0.2, 0.25) is 0 Å². The second kappa shape index (κ2) is 5.95. The second-order valence-electron chi connectivity index (χ2n) is 5.10. The molecule has 0 radical (unpaired) electrons. The van der Waals surface area contributed by atoms with Crippen molar-refractivity contribution in [2.45, 2.75) is 33.2 Å². The van der Waals surface area contributed by atoms with Crippen molar-refractivity contribution in [3.8, 4) is 0 Å². The molecule has 19 heavy (non-hydrogen) atoms. The maximum atomic E-state index is 5.72. The number of hydrazine groups is 1. The molecule has 2 rings (SSSR count). The average Bonchev–Trinajstić information content (AvgIpc) is 2.36. The standard InChI is InChI=1S/C16H21N3/c1-11-7-12(2)9-14(8-11)10-16(19-17)15-5-4-6-18-13(15)3/h4-9,16,19H,10,17H2,1-3H3. The minimum Gasteiger partial charge on any atom is -0.271 e. The van der Waals surface area contributed by atoms with Gasteiger partial charge in [0, 0.05) is 11.9 Å². The summed E-state index contributed by atoms with van der Waals surface area (Å²) in [7, 11) is 0. The minimum atomic E-state index is 0.0925. The number of rotatable bonds is 4. The van der Waals surface area contributed by atoms with E-state index in [0.29, 0.717) is 0 Å². The van der Waals surface area contributed by atoms with Gasteiger partial charge in [-0.05, 0) is 44.4 Å². The highest BCUT2D eigenvalue weighted by atomic mass is 15.2. The third-order valence-electron chi connectivity index (χ3n) is 3.35. The van der Waals surface area contributed by atoms with Crippen molar-refractivity contribution in [1.82, 2.24) is 10.4 Å². The molecule has 100 valence electrons. The Morgan fingerprint density at radius 1 is 1.16 bits per heavy atom. The Labute approximate surface area is 114 Å². The van der Waals surface area contributed by atoms with Crippen LogP contribution < -0.4 is 11.3 Å². The number of hydrogen-bond donors (Lipinski definition) is 2. The van der Waals surface area contributed by atoms with Crippen LogP contribution in [0, 0.1) is 20.8 Å². The summed E-state index contributed by atoms with van der Waals surface area (Å²) >= 11 is 0. The number of hydrogen-bond acceptors (Lipinski definition) is 3. The lowest BCUT2D eigenvalue weighted by Gasteiger charge is -2.18. The predicted octanol–water partition coefficient (Wildman–Crippen LogP) is 2.75. The van der Waals surface area contributed by atoms with Gasteiger partial charge in [-0.2, -0.15) is 0 Å². The van der Waals surface area contributed by atoms with Gasteiger partial charge in [-0.15, -0.1) is 0 Å². The molecular formula is C16H21N3. The normalized spacial score (nSPS) is 12.4. The van der Waals surface area contributed by atoms with Gasteiger partial charge in [0.1, 0.15) is 0 Å². The second-order valence-corrected chi connectivity index (χ2v) is 5.10. The zero-order valence-corrected chi connectivity index (χ0v) is 11.8. The summed E-state index contributed by atoms with van der Waals surface area (Å²) in [6, 6.07) is 10.7. The zero-order valence-electron chi connectivity index (χ0n) is 11.8. The van der Waals surface area contributed by atoms with E-state index in [9.17, 15) is 0 Å². The van der Waals surface area contributed by atoms with Crippen LogP contribution in [0.25, 0.3) is 0 Å². The monoisotopic (exact) mass is 255 g/mol. The number of nitrogens with zero attached hydrogens (tertiary/aromatic N) is 1. The fourth-order valence-electron chi connectivity index (χ4n) is 2.55. The van der Waals surface area contributed by atoms with Gasteiger partial charge in [-0.25, -0.2) is 0 Å². The maximum Gasteiger partial charge on any atom is 0.0518 e. The number of benzene rings is 1. The summed E-state index contributed by atoms with van der Waals surface area (Å²) in [5.41, 5.74) is 8.95. The van der Waals surface area contributed by atoms with Gasteiger partial charge >= 0.3 is 0 Å². The lowest BCUT2D eigenvalue weighted by Crippen LogP contribution is -2.30. The smallest absolute Gasteiger partial charge is 0.0518 e. The molecule has 1 heterocycles. The highest BCUT2D eigenvalue weighted by molar-refractivity contribution is 5.31. The average molecular weight is 255 g/mol. The molecule has 0 saturated heterocycles. The Morgan fingerprint density at radius 2 is 1.84 bits per heavy atom. The summed E-state index contributed by atoms with van der Waals surface area (Å²) in [6.07, 6.45) is 2.68. The van der Waals surface area contributed by atoms with E-state index in [4.69, 9.17) is 5.84 Å². The molecule has 0 aliphatic carbocycles. The van der Waals surface area contributed by atoms with Crippen LogP contribution in [0.3, 0.4) is 0 Å². The summed E-state index contributed by atoms with van der Waals surface area (Å²) in [4.78, 5) is 4.33. The minimum absolute atomic E-state index is 0.0925. The van der Waals surface area contributed by atoms with Crippen LogP contribution >= 0.6 is 0 Å². The van der Waals surface area contributed by atoms with E-state index in [0.717, 1.165) is 17.7 Å². The Bertz CT molecular complexity index is 543. The van der Waals surface area contributed by atoms with Gasteiger partial charge in [-0.1, -0.05) is 35.4 Å². The molecule has 3 N–H and O–H groups in total. The van der Waals surface area contributed by atoms with E-state index >= 15 is 0 Å². The highest BCUT2D eigenvalue weighted by Crippen LogP contribution is 2.21. The van der Waals surface area contributed by atoms with Crippen molar-refractivity contribution in [3.63, 3.8) is 0 Å². The quantitative estimate of drug-likeness (QED) is 0.652. The number of aryl methyl sites for hydroxylation is 3. The molecule has 0 aliphatic heterocycles. The van der Waals surface area contributed by atoms with Gasteiger partial charge in [0.15, 0.2) is 0 Å². The number of pyridine rings is 1. The first-order chi connectivity index (χ1) is 9.10. The Balaban J connectivity index is 2.26. The van der Waals surface area contributed by atoms with E-state index in [-0.39, 0.29) is 6.04 Å². The van der Waals surface area contributed by atoms with E-state index in [1.807, 2.05) is 19.2 Å². The number of nitrogens with one attached hydrogen (secondary N) is 1. The number of nitrogens with two attached hydrogens (primary N) is 1. The van der Waals surface area contributed by atoms with Gasteiger partial charge in [0.05, 0.1) is 6.04 Å². The van der Waals surface area contributed by atoms with Gasteiger partial charge in [0.2, 0.25) is 0 Å². The summed E-state index contributed by atoms with van der Waals surface area (Å²) in [6.45, 7) is 6.26. The molecule has 2 aromatic rings. The lowest BCUT2D eigenvalue weighted by atomic mass is 9.96. The van der Waals surface area contributed by atoms with Crippen LogP contribution in [-0.4, -0.2) is 4.98 Å². The first-order valence-corrected chi connectivity index (χ1v) is 6.55. The molecule has 1 unspecified atom stereocenters. The van der Waals surface area contributed by atoms with E-state index in [1.165, 1.54) is 16.7 Å². The fourth-order valence-corrected chi connectivity index (χ4v) is 2.55. The fraction of sp³-hybridized carbons (Fsp3) is 0.312. The van der Waals surface area contributed by atoms with Crippen LogP contribution in [0.15, 0.2) is 36.5 Å². The molecule has 0 amide bonds. The van der Waals surface area contributed by atoms with E-state index < -0.39 is 0 Å². The van der Waals surface area contributed by atoms with Crippen molar-refractivity contribution in [2.75, 3.05) is 0 Å². The first kappa shape index (κ1) is 13.7. The largest absolute Gasteiger partial charge is 0.271 e. The molecule has 1 atom stereocenters.